The van der Waals surface area contributed by atoms with E-state index < -0.39 is 0 Å². The van der Waals surface area contributed by atoms with Crippen LogP contribution in [0.3, 0.4) is 0 Å². The minimum Gasteiger partial charge on any atom is -0.362 e. The van der Waals surface area contributed by atoms with Crippen molar-refractivity contribution >= 4 is 34.6 Å². The maximum absolute atomic E-state index is 4.69. The molecule has 0 unspecified atom stereocenters. The van der Waals surface area contributed by atoms with E-state index >= 15 is 0 Å². The molecule has 1 saturated carbocycles. The second-order valence-electron chi connectivity index (χ2n) is 8.44. The third-order valence-electron chi connectivity index (χ3n) is 5.61. The molecule has 0 saturated heterocycles. The molecule has 4 rings (SSSR count). The highest BCUT2D eigenvalue weighted by molar-refractivity contribution is 7.96. The fraction of sp³-hybridized carbons (Fsp3) is 0.462. The number of hydrogen-bond donors (Lipinski definition) is 2. The maximum atomic E-state index is 4.69. The molecule has 32 heavy (non-hydrogen) atoms. The van der Waals surface area contributed by atoms with Crippen LogP contribution in [0, 0.1) is 5.92 Å². The highest BCUT2D eigenvalue weighted by Crippen LogP contribution is 2.26. The lowest BCUT2D eigenvalue weighted by molar-refractivity contribution is 0.373. The van der Waals surface area contributed by atoms with Gasteiger partial charge in [0.1, 0.15) is 5.82 Å². The van der Waals surface area contributed by atoms with E-state index in [1.54, 1.807) is 11.9 Å². The molecule has 0 bridgehead atoms. The number of anilines is 2. The quantitative estimate of drug-likeness (QED) is 0.317. The minimum absolute atomic E-state index is 0.753. The largest absolute Gasteiger partial charge is 0.362 e. The third-order valence-corrected chi connectivity index (χ3v) is 6.58. The summed E-state index contributed by atoms with van der Waals surface area (Å²) in [6, 6.07) is 18.7. The summed E-state index contributed by atoms with van der Waals surface area (Å²) in [5.41, 5.74) is 2.38. The summed E-state index contributed by atoms with van der Waals surface area (Å²) in [6.45, 7) is 4.13. The standard InChI is InChI=1S/C17H24N4.C9H13NS/c1-21(2)16-14-10-6-7-11-15(14)19-17(20-16)18-12-13-8-4-3-5-9-13;1-2-10-11-8-9-6-4-3-5-7-9/h6-7,10-11,13H,3-5,8-9,12H2,1-2H3,(H,18,19,20);3-7,10H,2,8H2,1H3. The van der Waals surface area contributed by atoms with E-state index in [-0.39, 0.29) is 0 Å². The predicted molar refractivity (Wildman–Crippen MR) is 140 cm³/mol. The molecule has 1 aliphatic rings. The summed E-state index contributed by atoms with van der Waals surface area (Å²) in [7, 11) is 4.05. The van der Waals surface area contributed by atoms with Crippen LogP contribution in [0.5, 0.6) is 0 Å². The predicted octanol–water partition coefficient (Wildman–Crippen LogP) is 6.13. The first-order valence-electron chi connectivity index (χ1n) is 11.7. The smallest absolute Gasteiger partial charge is 0.225 e. The Morgan fingerprint density at radius 2 is 1.66 bits per heavy atom. The van der Waals surface area contributed by atoms with Crippen LogP contribution in [0.1, 0.15) is 44.6 Å². The number of hydrogen-bond acceptors (Lipinski definition) is 6. The lowest BCUT2D eigenvalue weighted by Gasteiger charge is -2.22. The molecule has 0 radical (unpaired) electrons. The van der Waals surface area contributed by atoms with E-state index in [9.17, 15) is 0 Å². The van der Waals surface area contributed by atoms with E-state index in [1.165, 1.54) is 37.7 Å². The Bertz CT molecular complexity index is 926. The van der Waals surface area contributed by atoms with Crippen molar-refractivity contribution in [2.24, 2.45) is 5.92 Å². The first-order valence-corrected chi connectivity index (χ1v) is 12.7. The molecule has 1 aromatic heterocycles. The van der Waals surface area contributed by atoms with Gasteiger partial charge in [-0.15, -0.1) is 0 Å². The van der Waals surface area contributed by atoms with Crippen molar-refractivity contribution in [3.8, 4) is 0 Å². The zero-order valence-corrected chi connectivity index (χ0v) is 20.5. The molecule has 2 aromatic carbocycles. The molecule has 5 nitrogen and oxygen atoms in total. The second-order valence-corrected chi connectivity index (χ2v) is 9.31. The lowest BCUT2D eigenvalue weighted by Crippen LogP contribution is -2.19. The van der Waals surface area contributed by atoms with Crippen LogP contribution >= 0.6 is 11.9 Å². The average Bonchev–Trinajstić information content (AvgIpc) is 2.84. The van der Waals surface area contributed by atoms with Crippen molar-refractivity contribution in [1.29, 1.82) is 0 Å². The number of para-hydroxylation sites is 1. The van der Waals surface area contributed by atoms with Crippen molar-refractivity contribution < 1.29 is 0 Å². The van der Waals surface area contributed by atoms with E-state index in [2.05, 4.69) is 68.2 Å². The number of aromatic nitrogens is 2. The Balaban J connectivity index is 0.000000222. The molecular formula is C26H37N5S. The molecule has 0 aliphatic heterocycles. The summed E-state index contributed by atoms with van der Waals surface area (Å²) in [4.78, 5) is 11.4. The molecule has 0 atom stereocenters. The van der Waals surface area contributed by atoms with Gasteiger partial charge in [-0.05, 0) is 36.5 Å². The van der Waals surface area contributed by atoms with Gasteiger partial charge in [0.15, 0.2) is 0 Å². The topological polar surface area (TPSA) is 53.1 Å². The normalized spacial score (nSPS) is 14.0. The van der Waals surface area contributed by atoms with Crippen LogP contribution in [0.25, 0.3) is 10.9 Å². The van der Waals surface area contributed by atoms with Gasteiger partial charge in [0, 0.05) is 38.3 Å². The Kier molecular flexibility index (Phi) is 10.1. The first kappa shape index (κ1) is 24.3. The molecule has 6 heteroatoms. The summed E-state index contributed by atoms with van der Waals surface area (Å²) in [5.74, 6) is 3.56. The summed E-state index contributed by atoms with van der Waals surface area (Å²) < 4.78 is 3.21. The van der Waals surface area contributed by atoms with Gasteiger partial charge in [0.25, 0.3) is 0 Å². The molecule has 1 aliphatic carbocycles. The minimum atomic E-state index is 0.753. The van der Waals surface area contributed by atoms with Crippen molar-refractivity contribution in [3.05, 3.63) is 60.2 Å². The van der Waals surface area contributed by atoms with Gasteiger partial charge in [-0.1, -0.05) is 80.6 Å². The van der Waals surface area contributed by atoms with E-state index in [4.69, 9.17) is 0 Å². The summed E-state index contributed by atoms with van der Waals surface area (Å²) in [5, 5.41) is 4.56. The van der Waals surface area contributed by atoms with Crippen molar-refractivity contribution in [3.63, 3.8) is 0 Å². The molecule has 1 heterocycles. The third kappa shape index (κ3) is 7.68. The van der Waals surface area contributed by atoms with Gasteiger partial charge in [0.05, 0.1) is 5.52 Å². The monoisotopic (exact) mass is 451 g/mol. The fourth-order valence-corrected chi connectivity index (χ4v) is 4.58. The molecule has 0 spiro atoms. The van der Waals surface area contributed by atoms with Crippen LogP contribution in [0.4, 0.5) is 11.8 Å². The molecule has 2 N–H and O–H groups in total. The second kappa shape index (κ2) is 13.3. The van der Waals surface area contributed by atoms with Gasteiger partial charge in [-0.3, -0.25) is 4.72 Å². The van der Waals surface area contributed by atoms with Gasteiger partial charge in [-0.25, -0.2) is 4.98 Å². The Labute approximate surface area is 197 Å². The van der Waals surface area contributed by atoms with Gasteiger partial charge in [-0.2, -0.15) is 4.98 Å². The van der Waals surface area contributed by atoms with Crippen LogP contribution < -0.4 is 14.9 Å². The van der Waals surface area contributed by atoms with Gasteiger partial charge in [0.2, 0.25) is 5.95 Å². The Hall–Kier alpha value is -2.31. The lowest BCUT2D eigenvalue weighted by atomic mass is 9.89. The highest BCUT2D eigenvalue weighted by Gasteiger charge is 2.14. The average molecular weight is 452 g/mol. The summed E-state index contributed by atoms with van der Waals surface area (Å²) >= 11 is 1.76. The Morgan fingerprint density at radius 3 is 2.38 bits per heavy atom. The Morgan fingerprint density at radius 1 is 0.938 bits per heavy atom. The molecular weight excluding hydrogens is 414 g/mol. The van der Waals surface area contributed by atoms with Gasteiger partial charge >= 0.3 is 0 Å². The fourth-order valence-electron chi connectivity index (χ4n) is 3.92. The molecule has 172 valence electrons. The zero-order valence-electron chi connectivity index (χ0n) is 19.7. The molecule has 0 amide bonds. The molecule has 3 aromatic rings. The van der Waals surface area contributed by atoms with E-state index in [1.807, 2.05) is 32.3 Å². The van der Waals surface area contributed by atoms with Crippen molar-refractivity contribution in [1.82, 2.24) is 14.7 Å². The van der Waals surface area contributed by atoms with Crippen LogP contribution in [-0.4, -0.2) is 37.2 Å². The van der Waals surface area contributed by atoms with Crippen LogP contribution in [0.2, 0.25) is 0 Å². The number of benzene rings is 2. The highest BCUT2D eigenvalue weighted by atomic mass is 32.2. The number of nitrogens with one attached hydrogen (secondary N) is 2. The first-order chi connectivity index (χ1) is 15.7. The number of nitrogens with zero attached hydrogens (tertiary/aromatic N) is 3. The van der Waals surface area contributed by atoms with Crippen LogP contribution in [0.15, 0.2) is 54.6 Å². The SMILES string of the molecule is CCNSCc1ccccc1.CN(C)c1nc(NCC2CCCCC2)nc2ccccc12. The summed E-state index contributed by atoms with van der Waals surface area (Å²) in [6.07, 6.45) is 6.80. The van der Waals surface area contributed by atoms with Crippen molar-refractivity contribution in [2.45, 2.75) is 44.8 Å². The van der Waals surface area contributed by atoms with E-state index in [0.29, 0.717) is 0 Å². The molecule has 1 fully saturated rings. The van der Waals surface area contributed by atoms with Crippen molar-refractivity contribution in [2.75, 3.05) is 37.4 Å². The van der Waals surface area contributed by atoms with Gasteiger partial charge < -0.3 is 10.2 Å². The van der Waals surface area contributed by atoms with Crippen LogP contribution in [-0.2, 0) is 5.75 Å². The number of fused-ring (bicyclic) bond motifs is 1. The van der Waals surface area contributed by atoms with E-state index in [0.717, 1.165) is 47.4 Å². The zero-order chi connectivity index (χ0) is 22.6. The number of rotatable bonds is 8. The maximum Gasteiger partial charge on any atom is 0.225 e.